The first-order valence-electron chi connectivity index (χ1n) is 5.62. The fraction of sp³-hybridized carbons (Fsp3) is 0.583. The van der Waals surface area contributed by atoms with Gasteiger partial charge in [-0.05, 0) is 43.7 Å². The highest BCUT2D eigenvalue weighted by molar-refractivity contribution is 6.29. The Labute approximate surface area is 96.1 Å². The Morgan fingerprint density at radius 3 is 2.73 bits per heavy atom. The highest BCUT2D eigenvalue weighted by Crippen LogP contribution is 2.26. The molecular formula is C12H17ClN2. The normalized spacial score (nSPS) is 26.3. The van der Waals surface area contributed by atoms with E-state index in [2.05, 4.69) is 17.2 Å². The van der Waals surface area contributed by atoms with E-state index in [0.717, 1.165) is 11.6 Å². The molecule has 1 fully saturated rings. The lowest BCUT2D eigenvalue weighted by molar-refractivity contribution is 0.361. The lowest BCUT2D eigenvalue weighted by Crippen LogP contribution is -2.25. The van der Waals surface area contributed by atoms with Gasteiger partial charge in [0.25, 0.3) is 0 Å². The second-order valence-corrected chi connectivity index (χ2v) is 4.86. The van der Waals surface area contributed by atoms with Gasteiger partial charge in [-0.2, -0.15) is 0 Å². The van der Waals surface area contributed by atoms with Crippen LogP contribution >= 0.6 is 11.6 Å². The summed E-state index contributed by atoms with van der Waals surface area (Å²) in [5.74, 6) is 0.893. The first-order valence-corrected chi connectivity index (χ1v) is 6.00. The van der Waals surface area contributed by atoms with Gasteiger partial charge in [0.05, 0.1) is 0 Å². The number of nitrogens with zero attached hydrogens (tertiary/aromatic N) is 1. The van der Waals surface area contributed by atoms with Crippen molar-refractivity contribution in [2.75, 3.05) is 5.32 Å². The van der Waals surface area contributed by atoms with Crippen molar-refractivity contribution < 1.29 is 0 Å². The van der Waals surface area contributed by atoms with Gasteiger partial charge in [0, 0.05) is 17.9 Å². The molecular weight excluding hydrogens is 208 g/mol. The summed E-state index contributed by atoms with van der Waals surface area (Å²) in [6.07, 6.45) is 6.94. The van der Waals surface area contributed by atoms with Gasteiger partial charge in [-0.3, -0.25) is 0 Å². The molecule has 1 aromatic heterocycles. The highest BCUT2D eigenvalue weighted by atomic mass is 35.5. The number of hydrogen-bond acceptors (Lipinski definition) is 2. The van der Waals surface area contributed by atoms with Crippen LogP contribution in [0.4, 0.5) is 5.69 Å². The van der Waals surface area contributed by atoms with Crippen LogP contribution in [-0.2, 0) is 0 Å². The average Bonchev–Trinajstić information content (AvgIpc) is 2.22. The predicted octanol–water partition coefficient (Wildman–Crippen LogP) is 3.73. The van der Waals surface area contributed by atoms with Crippen LogP contribution in [0.1, 0.15) is 32.6 Å². The fourth-order valence-electron chi connectivity index (χ4n) is 2.13. The minimum Gasteiger partial charge on any atom is -0.382 e. The van der Waals surface area contributed by atoms with Crippen molar-refractivity contribution in [3.8, 4) is 0 Å². The molecule has 0 aliphatic heterocycles. The highest BCUT2D eigenvalue weighted by Gasteiger charge is 2.17. The Balaban J connectivity index is 1.92. The van der Waals surface area contributed by atoms with E-state index >= 15 is 0 Å². The van der Waals surface area contributed by atoms with Crippen molar-refractivity contribution in [2.45, 2.75) is 38.6 Å². The monoisotopic (exact) mass is 224 g/mol. The maximum Gasteiger partial charge on any atom is 0.131 e. The third-order valence-corrected chi connectivity index (χ3v) is 3.32. The van der Waals surface area contributed by atoms with Crippen LogP contribution in [0.2, 0.25) is 5.15 Å². The standard InChI is InChI=1S/C12H17ClN2/c1-9-2-4-10(5-3-9)15-11-6-7-14-12(13)8-11/h6-10H,2-5H2,1H3,(H,14,15). The van der Waals surface area contributed by atoms with Crippen LogP contribution in [-0.4, -0.2) is 11.0 Å². The quantitative estimate of drug-likeness (QED) is 0.775. The summed E-state index contributed by atoms with van der Waals surface area (Å²) in [6, 6.07) is 4.48. The molecule has 0 saturated heterocycles. The van der Waals surface area contributed by atoms with E-state index in [4.69, 9.17) is 11.6 Å². The van der Waals surface area contributed by atoms with Crippen molar-refractivity contribution in [3.05, 3.63) is 23.5 Å². The van der Waals surface area contributed by atoms with E-state index < -0.39 is 0 Å². The van der Waals surface area contributed by atoms with Gasteiger partial charge < -0.3 is 5.32 Å². The van der Waals surface area contributed by atoms with Crippen LogP contribution in [0.15, 0.2) is 18.3 Å². The summed E-state index contributed by atoms with van der Waals surface area (Å²) in [4.78, 5) is 3.97. The molecule has 15 heavy (non-hydrogen) atoms. The van der Waals surface area contributed by atoms with Crippen molar-refractivity contribution in [1.82, 2.24) is 4.98 Å². The minimum absolute atomic E-state index is 0.559. The minimum atomic E-state index is 0.559. The van der Waals surface area contributed by atoms with Gasteiger partial charge in [-0.1, -0.05) is 18.5 Å². The van der Waals surface area contributed by atoms with E-state index in [-0.39, 0.29) is 0 Å². The predicted molar refractivity (Wildman–Crippen MR) is 64.3 cm³/mol. The zero-order chi connectivity index (χ0) is 10.7. The Kier molecular flexibility index (Phi) is 3.47. The lowest BCUT2D eigenvalue weighted by Gasteiger charge is -2.27. The number of anilines is 1. The molecule has 0 spiro atoms. The second kappa shape index (κ2) is 4.84. The molecule has 1 saturated carbocycles. The first-order chi connectivity index (χ1) is 7.24. The molecule has 0 aromatic carbocycles. The van der Waals surface area contributed by atoms with Gasteiger partial charge in [0.1, 0.15) is 5.15 Å². The topological polar surface area (TPSA) is 24.9 Å². The Bertz CT molecular complexity index is 319. The van der Waals surface area contributed by atoms with Crippen molar-refractivity contribution in [2.24, 2.45) is 5.92 Å². The average molecular weight is 225 g/mol. The maximum absolute atomic E-state index is 5.83. The van der Waals surface area contributed by atoms with Crippen LogP contribution in [0.5, 0.6) is 0 Å². The van der Waals surface area contributed by atoms with E-state index in [1.807, 2.05) is 12.1 Å². The van der Waals surface area contributed by atoms with Crippen LogP contribution < -0.4 is 5.32 Å². The number of hydrogen-bond donors (Lipinski definition) is 1. The van der Waals surface area contributed by atoms with Crippen molar-refractivity contribution >= 4 is 17.3 Å². The molecule has 1 aliphatic rings. The van der Waals surface area contributed by atoms with Crippen LogP contribution in [0.25, 0.3) is 0 Å². The second-order valence-electron chi connectivity index (χ2n) is 4.47. The summed E-state index contributed by atoms with van der Waals surface area (Å²) < 4.78 is 0. The van der Waals surface area contributed by atoms with Gasteiger partial charge in [0.2, 0.25) is 0 Å². The van der Waals surface area contributed by atoms with Crippen molar-refractivity contribution in [1.29, 1.82) is 0 Å². The molecule has 0 unspecified atom stereocenters. The summed E-state index contributed by atoms with van der Waals surface area (Å²) >= 11 is 5.83. The Morgan fingerprint density at radius 1 is 1.33 bits per heavy atom. The number of pyridine rings is 1. The third kappa shape index (κ3) is 3.10. The molecule has 1 N–H and O–H groups in total. The summed E-state index contributed by atoms with van der Waals surface area (Å²) in [7, 11) is 0. The molecule has 2 nitrogen and oxygen atoms in total. The molecule has 1 heterocycles. The van der Waals surface area contributed by atoms with E-state index in [1.54, 1.807) is 6.20 Å². The maximum atomic E-state index is 5.83. The van der Waals surface area contributed by atoms with Gasteiger partial charge in [-0.15, -0.1) is 0 Å². The summed E-state index contributed by atoms with van der Waals surface area (Å²) in [6.45, 7) is 2.33. The number of rotatable bonds is 2. The molecule has 82 valence electrons. The number of halogens is 1. The Hall–Kier alpha value is -0.760. The lowest BCUT2D eigenvalue weighted by atomic mass is 9.87. The molecule has 0 bridgehead atoms. The largest absolute Gasteiger partial charge is 0.382 e. The molecule has 1 aliphatic carbocycles. The van der Waals surface area contributed by atoms with E-state index in [9.17, 15) is 0 Å². The summed E-state index contributed by atoms with van der Waals surface area (Å²) in [5.41, 5.74) is 1.09. The fourth-order valence-corrected chi connectivity index (χ4v) is 2.31. The molecule has 0 radical (unpaired) electrons. The molecule has 1 aromatic rings. The van der Waals surface area contributed by atoms with E-state index in [1.165, 1.54) is 25.7 Å². The number of nitrogens with one attached hydrogen (secondary N) is 1. The summed E-state index contributed by atoms with van der Waals surface area (Å²) in [5, 5.41) is 4.08. The third-order valence-electron chi connectivity index (χ3n) is 3.11. The van der Waals surface area contributed by atoms with Gasteiger partial charge in [0.15, 0.2) is 0 Å². The smallest absolute Gasteiger partial charge is 0.131 e. The van der Waals surface area contributed by atoms with Crippen LogP contribution in [0.3, 0.4) is 0 Å². The van der Waals surface area contributed by atoms with Gasteiger partial charge >= 0.3 is 0 Å². The van der Waals surface area contributed by atoms with Crippen LogP contribution in [0, 0.1) is 5.92 Å². The van der Waals surface area contributed by atoms with E-state index in [0.29, 0.717) is 11.2 Å². The molecule has 0 atom stereocenters. The molecule has 3 heteroatoms. The number of aromatic nitrogens is 1. The first kappa shape index (κ1) is 10.7. The zero-order valence-electron chi connectivity index (χ0n) is 9.04. The molecule has 0 amide bonds. The Morgan fingerprint density at radius 2 is 2.07 bits per heavy atom. The zero-order valence-corrected chi connectivity index (χ0v) is 9.80. The molecule has 2 rings (SSSR count). The van der Waals surface area contributed by atoms with Gasteiger partial charge in [-0.25, -0.2) is 4.98 Å². The SMILES string of the molecule is CC1CCC(Nc2ccnc(Cl)c2)CC1. The van der Waals surface area contributed by atoms with Crippen molar-refractivity contribution in [3.63, 3.8) is 0 Å².